The molecule has 0 atom stereocenters. The number of hydrogen-bond acceptors (Lipinski definition) is 6. The highest BCUT2D eigenvalue weighted by atomic mass is 32.2. The summed E-state index contributed by atoms with van der Waals surface area (Å²) in [4.78, 5) is 20.0. The standard InChI is InChI=1S/C19H13N5S2/c1-2-5-13(6-3-1)16-9-15-17(21-12-22-18(15)26-16)25-11-14-10-24-8-4-7-20-19(24)23-14/h1-10,12H,11H2. The van der Waals surface area contributed by atoms with Gasteiger partial charge in [0, 0.05) is 34.6 Å². The number of benzene rings is 1. The molecule has 0 spiro atoms. The van der Waals surface area contributed by atoms with Gasteiger partial charge in [0.25, 0.3) is 0 Å². The third kappa shape index (κ3) is 2.85. The van der Waals surface area contributed by atoms with Crippen LogP contribution < -0.4 is 0 Å². The Kier molecular flexibility index (Phi) is 3.88. The molecule has 5 nitrogen and oxygen atoms in total. The van der Waals surface area contributed by atoms with E-state index in [4.69, 9.17) is 0 Å². The molecule has 0 bridgehead atoms. The molecule has 7 heteroatoms. The summed E-state index contributed by atoms with van der Waals surface area (Å²) in [7, 11) is 0. The van der Waals surface area contributed by atoms with Gasteiger partial charge < -0.3 is 0 Å². The molecule has 0 aliphatic heterocycles. The molecule has 26 heavy (non-hydrogen) atoms. The maximum atomic E-state index is 4.55. The average molecular weight is 375 g/mol. The zero-order chi connectivity index (χ0) is 17.3. The molecule has 0 unspecified atom stereocenters. The van der Waals surface area contributed by atoms with Crippen molar-refractivity contribution < 1.29 is 0 Å². The number of aromatic nitrogens is 5. The molecule has 126 valence electrons. The summed E-state index contributed by atoms with van der Waals surface area (Å²) >= 11 is 3.37. The SMILES string of the molecule is c1ccc(-c2cc3c(SCc4cn5cccnc5n4)ncnc3s2)cc1. The zero-order valence-corrected chi connectivity index (χ0v) is 15.2. The van der Waals surface area contributed by atoms with Crippen LogP contribution in [0.15, 0.2) is 72.4 Å². The van der Waals surface area contributed by atoms with E-state index in [1.165, 1.54) is 10.4 Å². The quantitative estimate of drug-likeness (QED) is 0.337. The first-order chi connectivity index (χ1) is 12.9. The molecule has 4 aromatic heterocycles. The fraction of sp³-hybridized carbons (Fsp3) is 0.0526. The summed E-state index contributed by atoms with van der Waals surface area (Å²) in [6.07, 6.45) is 7.36. The van der Waals surface area contributed by atoms with Crippen molar-refractivity contribution in [3.8, 4) is 10.4 Å². The molecular weight excluding hydrogens is 362 g/mol. The molecule has 0 saturated heterocycles. The van der Waals surface area contributed by atoms with Gasteiger partial charge in [0.05, 0.1) is 5.69 Å². The lowest BCUT2D eigenvalue weighted by atomic mass is 10.2. The lowest BCUT2D eigenvalue weighted by molar-refractivity contribution is 1.10. The minimum atomic E-state index is 0.720. The Bertz CT molecular complexity index is 1160. The van der Waals surface area contributed by atoms with Crippen LogP contribution in [0.4, 0.5) is 0 Å². The Balaban J connectivity index is 1.46. The van der Waals surface area contributed by atoms with Gasteiger partial charge in [-0.15, -0.1) is 11.3 Å². The van der Waals surface area contributed by atoms with E-state index in [-0.39, 0.29) is 0 Å². The summed E-state index contributed by atoms with van der Waals surface area (Å²) in [6.45, 7) is 0. The van der Waals surface area contributed by atoms with Gasteiger partial charge in [-0.2, -0.15) is 0 Å². The Labute approximate surface area is 157 Å². The molecule has 0 fully saturated rings. The molecule has 0 N–H and O–H groups in total. The van der Waals surface area contributed by atoms with Gasteiger partial charge in [0.1, 0.15) is 16.2 Å². The predicted molar refractivity (Wildman–Crippen MR) is 105 cm³/mol. The van der Waals surface area contributed by atoms with Gasteiger partial charge in [0.2, 0.25) is 5.78 Å². The Morgan fingerprint density at radius 2 is 1.96 bits per heavy atom. The van der Waals surface area contributed by atoms with E-state index in [1.54, 1.807) is 35.6 Å². The van der Waals surface area contributed by atoms with E-state index >= 15 is 0 Å². The van der Waals surface area contributed by atoms with E-state index in [9.17, 15) is 0 Å². The first kappa shape index (κ1) is 15.5. The molecule has 5 rings (SSSR count). The minimum Gasteiger partial charge on any atom is -0.291 e. The van der Waals surface area contributed by atoms with E-state index in [1.807, 2.05) is 28.9 Å². The number of rotatable bonds is 4. The monoisotopic (exact) mass is 375 g/mol. The van der Waals surface area contributed by atoms with Crippen molar-refractivity contribution in [3.63, 3.8) is 0 Å². The second-order valence-electron chi connectivity index (χ2n) is 5.72. The zero-order valence-electron chi connectivity index (χ0n) is 13.6. The topological polar surface area (TPSA) is 56.0 Å². The highest BCUT2D eigenvalue weighted by Gasteiger charge is 2.11. The number of hydrogen-bond donors (Lipinski definition) is 0. The van der Waals surface area contributed by atoms with Gasteiger partial charge in [-0.1, -0.05) is 42.1 Å². The highest BCUT2D eigenvalue weighted by molar-refractivity contribution is 7.98. The van der Waals surface area contributed by atoms with Crippen molar-refractivity contribution in [2.45, 2.75) is 10.8 Å². The molecule has 0 radical (unpaired) electrons. The number of thiophene rings is 1. The van der Waals surface area contributed by atoms with Crippen molar-refractivity contribution >= 4 is 39.1 Å². The normalized spacial score (nSPS) is 11.4. The van der Waals surface area contributed by atoms with E-state index < -0.39 is 0 Å². The lowest BCUT2D eigenvalue weighted by Crippen LogP contribution is -1.85. The molecule has 0 aliphatic rings. The smallest absolute Gasteiger partial charge is 0.233 e. The summed E-state index contributed by atoms with van der Waals surface area (Å²) in [6, 6.07) is 14.5. The molecule has 1 aromatic carbocycles. The first-order valence-corrected chi connectivity index (χ1v) is 9.88. The maximum Gasteiger partial charge on any atom is 0.233 e. The third-order valence-corrected chi connectivity index (χ3v) is 6.12. The van der Waals surface area contributed by atoms with Crippen LogP contribution in [0.5, 0.6) is 0 Å². The van der Waals surface area contributed by atoms with Crippen LogP contribution in [0.1, 0.15) is 5.69 Å². The first-order valence-electron chi connectivity index (χ1n) is 8.08. The fourth-order valence-corrected chi connectivity index (χ4v) is 4.71. The third-order valence-electron chi connectivity index (χ3n) is 3.99. The fourth-order valence-electron chi connectivity index (χ4n) is 2.78. The van der Waals surface area contributed by atoms with Gasteiger partial charge >= 0.3 is 0 Å². The van der Waals surface area contributed by atoms with E-state index in [0.717, 1.165) is 32.5 Å². The highest BCUT2D eigenvalue weighted by Crippen LogP contribution is 2.36. The lowest BCUT2D eigenvalue weighted by Gasteiger charge is -1.99. The van der Waals surface area contributed by atoms with E-state index in [2.05, 4.69) is 50.3 Å². The van der Waals surface area contributed by atoms with Crippen LogP contribution in [0.25, 0.3) is 26.4 Å². The van der Waals surface area contributed by atoms with Crippen LogP contribution in [0.3, 0.4) is 0 Å². The van der Waals surface area contributed by atoms with Crippen molar-refractivity contribution in [2.24, 2.45) is 0 Å². The molecular formula is C19H13N5S2. The predicted octanol–water partition coefficient (Wildman–Crippen LogP) is 4.69. The van der Waals surface area contributed by atoms with Crippen molar-refractivity contribution in [1.82, 2.24) is 24.3 Å². The molecule has 4 heterocycles. The largest absolute Gasteiger partial charge is 0.291 e. The summed E-state index contributed by atoms with van der Waals surface area (Å²) in [5.41, 5.74) is 2.19. The Morgan fingerprint density at radius 3 is 2.85 bits per heavy atom. The minimum absolute atomic E-state index is 0.720. The van der Waals surface area contributed by atoms with E-state index in [0.29, 0.717) is 0 Å². The molecule has 0 aliphatic carbocycles. The van der Waals surface area contributed by atoms with Crippen molar-refractivity contribution in [2.75, 3.05) is 0 Å². The van der Waals surface area contributed by atoms with Crippen LogP contribution in [-0.4, -0.2) is 24.3 Å². The van der Waals surface area contributed by atoms with Crippen LogP contribution >= 0.6 is 23.1 Å². The summed E-state index contributed by atoms with van der Waals surface area (Å²) in [5, 5.41) is 2.08. The molecule has 5 aromatic rings. The van der Waals surface area contributed by atoms with Crippen molar-refractivity contribution in [1.29, 1.82) is 0 Å². The summed E-state index contributed by atoms with van der Waals surface area (Å²) < 4.78 is 1.93. The van der Waals surface area contributed by atoms with Crippen LogP contribution in [0.2, 0.25) is 0 Å². The Morgan fingerprint density at radius 1 is 1.04 bits per heavy atom. The number of fused-ring (bicyclic) bond motifs is 2. The molecule has 0 saturated carbocycles. The van der Waals surface area contributed by atoms with Crippen molar-refractivity contribution in [3.05, 3.63) is 73.1 Å². The molecule has 0 amide bonds. The van der Waals surface area contributed by atoms with Crippen LogP contribution in [-0.2, 0) is 5.75 Å². The summed E-state index contributed by atoms with van der Waals surface area (Å²) in [5.74, 6) is 1.46. The number of thioether (sulfide) groups is 1. The van der Waals surface area contributed by atoms with Crippen LogP contribution in [0, 0.1) is 0 Å². The van der Waals surface area contributed by atoms with Gasteiger partial charge in [-0.3, -0.25) is 4.40 Å². The van der Waals surface area contributed by atoms with Gasteiger partial charge in [0.15, 0.2) is 0 Å². The Hall–Kier alpha value is -2.77. The van der Waals surface area contributed by atoms with Gasteiger partial charge in [-0.05, 0) is 17.7 Å². The second-order valence-corrected chi connectivity index (χ2v) is 7.72. The number of imidazole rings is 1. The van der Waals surface area contributed by atoms with Gasteiger partial charge in [-0.25, -0.2) is 19.9 Å². The number of nitrogens with zero attached hydrogens (tertiary/aromatic N) is 5. The second kappa shape index (κ2) is 6.51. The average Bonchev–Trinajstić information content (AvgIpc) is 3.31. The maximum absolute atomic E-state index is 4.55.